The lowest BCUT2D eigenvalue weighted by molar-refractivity contribution is 0.290. The summed E-state index contributed by atoms with van der Waals surface area (Å²) < 4.78 is 24.8. The topological polar surface area (TPSA) is 30.5 Å². The van der Waals surface area contributed by atoms with E-state index in [0.29, 0.717) is 16.3 Å². The monoisotopic (exact) mass is 367 g/mol. The van der Waals surface area contributed by atoms with Crippen LogP contribution in [0.4, 0.5) is 10.1 Å². The molecule has 128 valence electrons. The molecule has 0 amide bonds. The van der Waals surface area contributed by atoms with E-state index in [4.69, 9.17) is 33.3 Å². The number of hydrogen-bond acceptors (Lipinski definition) is 3. The summed E-state index contributed by atoms with van der Waals surface area (Å²) in [4.78, 5) is 0. The molecule has 0 bridgehead atoms. The lowest BCUT2D eigenvalue weighted by atomic mass is 10.1. The van der Waals surface area contributed by atoms with E-state index in [1.165, 1.54) is 13.2 Å². The number of hydrogen-bond donors (Lipinski definition) is 1. The molecule has 0 fully saturated rings. The van der Waals surface area contributed by atoms with Gasteiger partial charge in [0.1, 0.15) is 6.61 Å². The zero-order chi connectivity index (χ0) is 17.7. The maximum absolute atomic E-state index is 14.2. The van der Waals surface area contributed by atoms with Gasteiger partial charge in [0.15, 0.2) is 11.6 Å². The van der Waals surface area contributed by atoms with Crippen LogP contribution in [0.2, 0.25) is 5.02 Å². The molecule has 0 spiro atoms. The number of methoxy groups -OCH3 is 1. The van der Waals surface area contributed by atoms with E-state index in [1.54, 1.807) is 24.3 Å². The van der Waals surface area contributed by atoms with Crippen molar-refractivity contribution in [3.63, 3.8) is 0 Å². The first kappa shape index (κ1) is 18.5. The van der Waals surface area contributed by atoms with Crippen molar-refractivity contribution < 1.29 is 13.9 Å². The molecule has 6 heteroatoms. The molecule has 0 atom stereocenters. The maximum atomic E-state index is 14.2. The van der Waals surface area contributed by atoms with Crippen LogP contribution in [0, 0.1) is 12.7 Å². The minimum atomic E-state index is -0.383. The van der Waals surface area contributed by atoms with Gasteiger partial charge in [-0.1, -0.05) is 24.6 Å². The molecule has 2 rings (SSSR count). The third-order valence-corrected chi connectivity index (χ3v) is 4.31. The summed E-state index contributed by atoms with van der Waals surface area (Å²) in [5, 5.41) is 3.65. The SMILES string of the molecule is CCc1cc(F)c(OCc2c(Cl)cccc2NC(=S)OC)cc1C. The highest BCUT2D eigenvalue weighted by Gasteiger charge is 2.12. The van der Waals surface area contributed by atoms with Crippen LogP contribution in [0.5, 0.6) is 5.75 Å². The zero-order valence-electron chi connectivity index (χ0n) is 13.8. The first-order valence-electron chi connectivity index (χ1n) is 7.50. The number of ether oxygens (including phenoxy) is 2. The summed E-state index contributed by atoms with van der Waals surface area (Å²) in [6.07, 6.45) is 0.774. The number of benzene rings is 2. The van der Waals surface area contributed by atoms with Crippen molar-refractivity contribution in [1.29, 1.82) is 0 Å². The standard InChI is InChI=1S/C18H19ClFNO2S/c1-4-12-9-15(20)17(8-11(12)2)23-10-13-14(19)6-5-7-16(13)21-18(24)22-3/h5-9H,4,10H2,1-3H3,(H,21,24). The summed E-state index contributed by atoms with van der Waals surface area (Å²) in [6, 6.07) is 8.54. The second-order valence-electron chi connectivity index (χ2n) is 5.23. The van der Waals surface area contributed by atoms with Gasteiger partial charge >= 0.3 is 0 Å². The van der Waals surface area contributed by atoms with Gasteiger partial charge in [0.25, 0.3) is 5.17 Å². The Labute approximate surface area is 151 Å². The molecule has 2 aromatic rings. The largest absolute Gasteiger partial charge is 0.486 e. The van der Waals surface area contributed by atoms with E-state index in [2.05, 4.69) is 5.32 Å². The third-order valence-electron chi connectivity index (χ3n) is 3.68. The number of rotatable bonds is 5. The van der Waals surface area contributed by atoms with Crippen LogP contribution in [0.3, 0.4) is 0 Å². The van der Waals surface area contributed by atoms with Crippen molar-refractivity contribution in [3.8, 4) is 5.75 Å². The van der Waals surface area contributed by atoms with Gasteiger partial charge in [-0.25, -0.2) is 4.39 Å². The maximum Gasteiger partial charge on any atom is 0.260 e. The molecule has 2 aromatic carbocycles. The average Bonchev–Trinajstić information content (AvgIpc) is 2.56. The third kappa shape index (κ3) is 4.36. The van der Waals surface area contributed by atoms with E-state index in [0.717, 1.165) is 17.5 Å². The number of halogens is 2. The van der Waals surface area contributed by atoms with Crippen LogP contribution in [-0.2, 0) is 17.8 Å². The van der Waals surface area contributed by atoms with Crippen molar-refractivity contribution in [2.75, 3.05) is 12.4 Å². The minimum absolute atomic E-state index is 0.107. The Balaban J connectivity index is 2.23. The summed E-state index contributed by atoms with van der Waals surface area (Å²) in [6.45, 7) is 4.03. The highest BCUT2D eigenvalue weighted by molar-refractivity contribution is 7.80. The molecule has 0 unspecified atom stereocenters. The fourth-order valence-electron chi connectivity index (χ4n) is 2.32. The Bertz CT molecular complexity index is 752. The molecule has 0 aromatic heterocycles. The highest BCUT2D eigenvalue weighted by Crippen LogP contribution is 2.28. The molecule has 0 aliphatic rings. The van der Waals surface area contributed by atoms with Crippen LogP contribution in [-0.4, -0.2) is 12.3 Å². The summed E-state index contributed by atoms with van der Waals surface area (Å²) in [7, 11) is 1.48. The lowest BCUT2D eigenvalue weighted by Gasteiger charge is -2.15. The van der Waals surface area contributed by atoms with E-state index in [9.17, 15) is 4.39 Å². The predicted molar refractivity (Wildman–Crippen MR) is 99.5 cm³/mol. The molecule has 1 N–H and O–H groups in total. The molecule has 0 saturated heterocycles. The van der Waals surface area contributed by atoms with Gasteiger partial charge in [0.2, 0.25) is 0 Å². The van der Waals surface area contributed by atoms with Gasteiger partial charge in [0.05, 0.1) is 7.11 Å². The van der Waals surface area contributed by atoms with E-state index < -0.39 is 0 Å². The fraction of sp³-hybridized carbons (Fsp3) is 0.278. The number of anilines is 1. The first-order valence-corrected chi connectivity index (χ1v) is 8.29. The van der Waals surface area contributed by atoms with Crippen molar-refractivity contribution in [1.82, 2.24) is 0 Å². The Kier molecular flexibility index (Phi) is 6.40. The van der Waals surface area contributed by atoms with Gasteiger partial charge in [-0.3, -0.25) is 0 Å². The quantitative estimate of drug-likeness (QED) is 0.729. The van der Waals surface area contributed by atoms with Crippen LogP contribution < -0.4 is 10.1 Å². The molecule has 0 aliphatic carbocycles. The van der Waals surface area contributed by atoms with Gasteiger partial charge in [0, 0.05) is 16.3 Å². The molecule has 0 aliphatic heterocycles. The van der Waals surface area contributed by atoms with Crippen LogP contribution in [0.1, 0.15) is 23.6 Å². The van der Waals surface area contributed by atoms with Crippen LogP contribution in [0.15, 0.2) is 30.3 Å². The van der Waals surface area contributed by atoms with E-state index in [1.807, 2.05) is 13.8 Å². The highest BCUT2D eigenvalue weighted by atomic mass is 35.5. The van der Waals surface area contributed by atoms with Crippen molar-refractivity contribution in [2.24, 2.45) is 0 Å². The van der Waals surface area contributed by atoms with Gasteiger partial charge in [-0.15, -0.1) is 0 Å². The molecule has 3 nitrogen and oxygen atoms in total. The van der Waals surface area contributed by atoms with Crippen LogP contribution >= 0.6 is 23.8 Å². The molecule has 24 heavy (non-hydrogen) atoms. The van der Waals surface area contributed by atoms with Crippen molar-refractivity contribution in [3.05, 3.63) is 57.9 Å². The Morgan fingerprint density at radius 1 is 1.33 bits per heavy atom. The summed E-state index contributed by atoms with van der Waals surface area (Å²) in [5.41, 5.74) is 3.30. The second-order valence-corrected chi connectivity index (χ2v) is 6.01. The Morgan fingerprint density at radius 3 is 2.75 bits per heavy atom. The number of nitrogens with one attached hydrogen (secondary N) is 1. The van der Waals surface area contributed by atoms with Crippen molar-refractivity contribution in [2.45, 2.75) is 26.9 Å². The Hall–Kier alpha value is -1.85. The molecule has 0 heterocycles. The Morgan fingerprint density at radius 2 is 2.08 bits per heavy atom. The van der Waals surface area contributed by atoms with Gasteiger partial charge < -0.3 is 14.8 Å². The number of thiocarbonyl (C=S) groups is 1. The first-order chi connectivity index (χ1) is 11.5. The smallest absolute Gasteiger partial charge is 0.260 e. The molecule has 0 radical (unpaired) electrons. The van der Waals surface area contributed by atoms with Crippen LogP contribution in [0.25, 0.3) is 0 Å². The normalized spacial score (nSPS) is 10.4. The van der Waals surface area contributed by atoms with Gasteiger partial charge in [-0.05, 0) is 61.0 Å². The fourth-order valence-corrected chi connectivity index (χ4v) is 2.66. The molecule has 0 saturated carbocycles. The van der Waals surface area contributed by atoms with E-state index in [-0.39, 0.29) is 23.3 Å². The summed E-state index contributed by atoms with van der Waals surface area (Å²) in [5.74, 6) is -0.184. The van der Waals surface area contributed by atoms with E-state index >= 15 is 0 Å². The predicted octanol–water partition coefficient (Wildman–Crippen LogP) is 5.27. The average molecular weight is 368 g/mol. The van der Waals surface area contributed by atoms with Crippen molar-refractivity contribution >= 4 is 34.7 Å². The second kappa shape index (κ2) is 8.31. The molecular formula is C18H19ClFNO2S. The number of aryl methyl sites for hydroxylation is 2. The molecular weight excluding hydrogens is 349 g/mol. The summed E-state index contributed by atoms with van der Waals surface area (Å²) >= 11 is 11.2. The zero-order valence-corrected chi connectivity index (χ0v) is 15.4. The minimum Gasteiger partial charge on any atom is -0.486 e. The van der Waals surface area contributed by atoms with Gasteiger partial charge in [-0.2, -0.15) is 0 Å². The lowest BCUT2D eigenvalue weighted by Crippen LogP contribution is -2.13.